The number of carbonyl (C=O) groups is 1. The third-order valence-corrected chi connectivity index (χ3v) is 2.93. The molecule has 0 saturated heterocycles. The molecule has 6 heteroatoms. The summed E-state index contributed by atoms with van der Waals surface area (Å²) in [5, 5.41) is 12.8. The second kappa shape index (κ2) is 8.17. The highest BCUT2D eigenvalue weighted by molar-refractivity contribution is 6.37. The lowest BCUT2D eigenvalue weighted by Crippen LogP contribution is -2.33. The Hall–Kier alpha value is -1.07. The minimum absolute atomic E-state index is 0.118. The molecule has 0 aliphatic carbocycles. The summed E-state index contributed by atoms with van der Waals surface area (Å²) < 4.78 is 4.74. The molecular formula is C13H15Cl2NO3. The Morgan fingerprint density at radius 3 is 2.68 bits per heavy atom. The van der Waals surface area contributed by atoms with Crippen LogP contribution in [0.5, 0.6) is 0 Å². The Bertz CT molecular complexity index is 443. The quantitative estimate of drug-likeness (QED) is 0.792. The van der Waals surface area contributed by atoms with Crippen molar-refractivity contribution in [3.63, 3.8) is 0 Å². The van der Waals surface area contributed by atoms with Crippen molar-refractivity contribution in [1.29, 1.82) is 0 Å². The van der Waals surface area contributed by atoms with Crippen molar-refractivity contribution < 1.29 is 14.6 Å². The predicted octanol–water partition coefficient (Wildman–Crippen LogP) is 2.13. The molecule has 104 valence electrons. The van der Waals surface area contributed by atoms with Crippen molar-refractivity contribution in [3.05, 3.63) is 39.9 Å². The average Bonchev–Trinajstić information content (AvgIpc) is 2.36. The number of aliphatic hydroxyl groups is 1. The van der Waals surface area contributed by atoms with E-state index in [1.54, 1.807) is 18.2 Å². The maximum absolute atomic E-state index is 11.5. The molecule has 1 atom stereocenters. The number of rotatable bonds is 6. The van der Waals surface area contributed by atoms with Gasteiger partial charge in [-0.25, -0.2) is 0 Å². The summed E-state index contributed by atoms with van der Waals surface area (Å²) in [6, 6.07) is 5.10. The Kier molecular flexibility index (Phi) is 6.87. The Balaban J connectivity index is 2.54. The minimum Gasteiger partial charge on any atom is -0.389 e. The second-order valence-electron chi connectivity index (χ2n) is 3.82. The van der Waals surface area contributed by atoms with E-state index in [2.05, 4.69) is 5.32 Å². The van der Waals surface area contributed by atoms with E-state index in [4.69, 9.17) is 27.9 Å². The molecule has 1 aromatic carbocycles. The maximum atomic E-state index is 11.5. The lowest BCUT2D eigenvalue weighted by Gasteiger charge is -2.09. The van der Waals surface area contributed by atoms with Crippen molar-refractivity contribution in [2.45, 2.75) is 6.10 Å². The fourth-order valence-corrected chi connectivity index (χ4v) is 1.88. The van der Waals surface area contributed by atoms with Crippen LogP contribution in [0.3, 0.4) is 0 Å². The zero-order valence-corrected chi connectivity index (χ0v) is 11.9. The molecule has 0 spiro atoms. The number of hydrogen-bond donors (Lipinski definition) is 2. The van der Waals surface area contributed by atoms with Gasteiger partial charge in [0.1, 0.15) is 0 Å². The molecule has 0 aliphatic heterocycles. The molecule has 0 heterocycles. The van der Waals surface area contributed by atoms with Gasteiger partial charge in [0.25, 0.3) is 0 Å². The molecule has 0 saturated carbocycles. The molecule has 0 bridgehead atoms. The molecular weight excluding hydrogens is 289 g/mol. The standard InChI is InChI=1S/C13H15Cl2NO3/c1-19-8-9(17)7-16-13(18)6-5-10-11(14)3-2-4-12(10)15/h2-6,9,17H,7-8H2,1H3,(H,16,18). The van der Waals surface area contributed by atoms with Gasteiger partial charge in [-0.1, -0.05) is 29.3 Å². The van der Waals surface area contributed by atoms with Gasteiger partial charge in [-0.05, 0) is 18.2 Å². The predicted molar refractivity (Wildman–Crippen MR) is 76.4 cm³/mol. The summed E-state index contributed by atoms with van der Waals surface area (Å²) in [4.78, 5) is 11.5. The van der Waals surface area contributed by atoms with Crippen LogP contribution in [0, 0.1) is 0 Å². The first-order chi connectivity index (χ1) is 9.04. The highest BCUT2D eigenvalue weighted by Gasteiger charge is 2.05. The number of halogens is 2. The normalized spacial score (nSPS) is 12.6. The fourth-order valence-electron chi connectivity index (χ4n) is 1.36. The van der Waals surface area contributed by atoms with Crippen LogP contribution in [0.2, 0.25) is 10.0 Å². The van der Waals surface area contributed by atoms with Crippen molar-refractivity contribution in [3.8, 4) is 0 Å². The van der Waals surface area contributed by atoms with Gasteiger partial charge in [-0.3, -0.25) is 4.79 Å². The van der Waals surface area contributed by atoms with Crippen LogP contribution < -0.4 is 5.32 Å². The summed E-state index contributed by atoms with van der Waals surface area (Å²) in [6.07, 6.45) is 2.11. The number of ether oxygens (including phenoxy) is 1. The van der Waals surface area contributed by atoms with E-state index >= 15 is 0 Å². The lowest BCUT2D eigenvalue weighted by molar-refractivity contribution is -0.117. The van der Waals surface area contributed by atoms with Crippen molar-refractivity contribution in [1.82, 2.24) is 5.32 Å². The van der Waals surface area contributed by atoms with Crippen LogP contribution in [0.25, 0.3) is 6.08 Å². The number of hydrogen-bond acceptors (Lipinski definition) is 3. The SMILES string of the molecule is COCC(O)CNC(=O)C=Cc1c(Cl)cccc1Cl. The van der Waals surface area contributed by atoms with E-state index in [0.717, 1.165) is 0 Å². The molecule has 19 heavy (non-hydrogen) atoms. The Morgan fingerprint density at radius 1 is 1.47 bits per heavy atom. The van der Waals surface area contributed by atoms with E-state index in [9.17, 15) is 9.90 Å². The lowest BCUT2D eigenvalue weighted by atomic mass is 10.2. The van der Waals surface area contributed by atoms with Gasteiger partial charge in [0.05, 0.1) is 12.7 Å². The third-order valence-electron chi connectivity index (χ3n) is 2.27. The molecule has 0 fully saturated rings. The van der Waals surface area contributed by atoms with Crippen molar-refractivity contribution >= 4 is 35.2 Å². The smallest absolute Gasteiger partial charge is 0.244 e. The largest absolute Gasteiger partial charge is 0.389 e. The molecule has 1 rings (SSSR count). The van der Waals surface area contributed by atoms with E-state index in [-0.39, 0.29) is 19.1 Å². The Labute approximate surface area is 122 Å². The topological polar surface area (TPSA) is 58.6 Å². The molecule has 1 unspecified atom stereocenters. The maximum Gasteiger partial charge on any atom is 0.244 e. The van der Waals surface area contributed by atoms with E-state index in [1.807, 2.05) is 0 Å². The minimum atomic E-state index is -0.730. The number of methoxy groups -OCH3 is 1. The summed E-state index contributed by atoms with van der Waals surface area (Å²) in [5.74, 6) is -0.342. The molecule has 2 N–H and O–H groups in total. The van der Waals surface area contributed by atoms with Crippen LogP contribution in [0.15, 0.2) is 24.3 Å². The van der Waals surface area contributed by atoms with E-state index in [1.165, 1.54) is 19.3 Å². The summed E-state index contributed by atoms with van der Waals surface area (Å²) in [7, 11) is 1.48. The Morgan fingerprint density at radius 2 is 2.11 bits per heavy atom. The fraction of sp³-hybridized carbons (Fsp3) is 0.308. The summed E-state index contributed by atoms with van der Waals surface area (Å²) in [5.41, 5.74) is 0.582. The van der Waals surface area contributed by atoms with Gasteiger partial charge in [0.2, 0.25) is 5.91 Å². The molecule has 0 aromatic heterocycles. The van der Waals surface area contributed by atoms with Crippen molar-refractivity contribution in [2.24, 2.45) is 0 Å². The first-order valence-electron chi connectivity index (χ1n) is 5.61. The van der Waals surface area contributed by atoms with Crippen LogP contribution in [-0.4, -0.2) is 37.4 Å². The van der Waals surface area contributed by atoms with Crippen LogP contribution >= 0.6 is 23.2 Å². The zero-order valence-electron chi connectivity index (χ0n) is 10.4. The monoisotopic (exact) mass is 303 g/mol. The molecule has 1 aromatic rings. The van der Waals surface area contributed by atoms with Crippen molar-refractivity contribution in [2.75, 3.05) is 20.3 Å². The van der Waals surface area contributed by atoms with Crippen LogP contribution in [-0.2, 0) is 9.53 Å². The first kappa shape index (κ1) is 16.0. The van der Waals surface area contributed by atoms with Gasteiger partial charge in [0, 0.05) is 35.3 Å². The molecule has 0 radical (unpaired) electrons. The van der Waals surface area contributed by atoms with Gasteiger partial charge >= 0.3 is 0 Å². The molecule has 4 nitrogen and oxygen atoms in total. The molecule has 0 aliphatic rings. The van der Waals surface area contributed by atoms with E-state index < -0.39 is 6.10 Å². The summed E-state index contributed by atoms with van der Waals surface area (Å²) in [6.45, 7) is 0.285. The average molecular weight is 304 g/mol. The second-order valence-corrected chi connectivity index (χ2v) is 4.64. The first-order valence-corrected chi connectivity index (χ1v) is 6.37. The number of amides is 1. The van der Waals surface area contributed by atoms with Crippen LogP contribution in [0.4, 0.5) is 0 Å². The van der Waals surface area contributed by atoms with Gasteiger partial charge in [-0.15, -0.1) is 0 Å². The molecule has 1 amide bonds. The number of aliphatic hydroxyl groups excluding tert-OH is 1. The summed E-state index contributed by atoms with van der Waals surface area (Å²) >= 11 is 11.9. The van der Waals surface area contributed by atoms with Crippen LogP contribution in [0.1, 0.15) is 5.56 Å². The number of nitrogens with one attached hydrogen (secondary N) is 1. The highest BCUT2D eigenvalue weighted by Crippen LogP contribution is 2.25. The van der Waals surface area contributed by atoms with E-state index in [0.29, 0.717) is 15.6 Å². The zero-order chi connectivity index (χ0) is 14.3. The highest BCUT2D eigenvalue weighted by atomic mass is 35.5. The van der Waals surface area contributed by atoms with Gasteiger partial charge in [-0.2, -0.15) is 0 Å². The number of carbonyl (C=O) groups excluding carboxylic acids is 1. The van der Waals surface area contributed by atoms with Gasteiger partial charge in [0.15, 0.2) is 0 Å². The number of benzene rings is 1. The third kappa shape index (κ3) is 5.61. The van der Waals surface area contributed by atoms with Gasteiger partial charge < -0.3 is 15.2 Å².